The molecule has 0 N–H and O–H groups in total. The highest BCUT2D eigenvalue weighted by Crippen LogP contribution is 2.29. The summed E-state index contributed by atoms with van der Waals surface area (Å²) in [6.07, 6.45) is -1.39. The molecule has 0 saturated carbocycles. The molecule has 2 rings (SSSR count). The summed E-state index contributed by atoms with van der Waals surface area (Å²) in [5.74, 6) is -0.257. The van der Waals surface area contributed by atoms with E-state index in [4.69, 9.17) is 0 Å². The van der Waals surface area contributed by atoms with Crippen LogP contribution < -0.4 is 0 Å². The number of amides is 1. The fraction of sp³-hybridized carbons (Fsp3) is 0.333. The van der Waals surface area contributed by atoms with Gasteiger partial charge in [0.15, 0.2) is 0 Å². The third kappa shape index (κ3) is 5.56. The van der Waals surface area contributed by atoms with E-state index >= 15 is 0 Å². The molecule has 134 valence electrons. The molecule has 1 heterocycles. The predicted octanol–water partition coefficient (Wildman–Crippen LogP) is 3.30. The first-order chi connectivity index (χ1) is 11.8. The van der Waals surface area contributed by atoms with Gasteiger partial charge in [0.1, 0.15) is 0 Å². The highest BCUT2D eigenvalue weighted by Gasteiger charge is 2.30. The van der Waals surface area contributed by atoms with E-state index < -0.39 is 11.7 Å². The van der Waals surface area contributed by atoms with Gasteiger partial charge >= 0.3 is 6.18 Å². The minimum absolute atomic E-state index is 0.103. The Kier molecular flexibility index (Phi) is 6.14. The molecule has 0 bridgehead atoms. The Morgan fingerprint density at radius 1 is 1.12 bits per heavy atom. The van der Waals surface area contributed by atoms with Gasteiger partial charge in [-0.25, -0.2) is 0 Å². The molecular weight excluding hydrogens is 331 g/mol. The fourth-order valence-electron chi connectivity index (χ4n) is 2.31. The Labute approximate surface area is 144 Å². The number of carbonyl (C=O) groups is 1. The van der Waals surface area contributed by atoms with Crippen LogP contribution in [0.25, 0.3) is 0 Å². The van der Waals surface area contributed by atoms with Crippen LogP contribution in [-0.4, -0.2) is 47.9 Å². The first-order valence-corrected chi connectivity index (χ1v) is 7.77. The molecule has 0 atom stereocenters. The van der Waals surface area contributed by atoms with Gasteiger partial charge in [-0.2, -0.15) is 13.2 Å². The molecule has 2 aromatic rings. The minimum atomic E-state index is -4.40. The standard InChI is InChI=1S/C18H20F3N3O/c1-23(2)9-10-24(17(25)15-6-4-8-22-12-15)13-14-5-3-7-16(11-14)18(19,20)21/h3-8,11-12H,9-10,13H2,1-2H3. The molecule has 4 nitrogen and oxygen atoms in total. The lowest BCUT2D eigenvalue weighted by atomic mass is 10.1. The number of alkyl halides is 3. The number of hydrogen-bond acceptors (Lipinski definition) is 3. The Morgan fingerprint density at radius 2 is 1.88 bits per heavy atom. The van der Waals surface area contributed by atoms with Gasteiger partial charge in [0.25, 0.3) is 5.91 Å². The van der Waals surface area contributed by atoms with Gasteiger partial charge in [0.2, 0.25) is 0 Å². The Hall–Kier alpha value is -2.41. The number of aromatic nitrogens is 1. The summed E-state index contributed by atoms with van der Waals surface area (Å²) in [5.41, 5.74) is 0.130. The molecule has 0 fully saturated rings. The average molecular weight is 351 g/mol. The molecule has 0 saturated heterocycles. The van der Waals surface area contributed by atoms with Crippen LogP contribution in [0, 0.1) is 0 Å². The molecule has 0 unspecified atom stereocenters. The Morgan fingerprint density at radius 3 is 2.48 bits per heavy atom. The zero-order valence-electron chi connectivity index (χ0n) is 14.1. The van der Waals surface area contributed by atoms with Crippen molar-refractivity contribution in [2.75, 3.05) is 27.2 Å². The van der Waals surface area contributed by atoms with Gasteiger partial charge in [-0.1, -0.05) is 12.1 Å². The van der Waals surface area contributed by atoms with Crippen LogP contribution in [0.4, 0.5) is 13.2 Å². The van der Waals surface area contributed by atoms with Crippen molar-refractivity contribution in [1.82, 2.24) is 14.8 Å². The van der Waals surface area contributed by atoms with Crippen molar-refractivity contribution in [2.24, 2.45) is 0 Å². The average Bonchev–Trinajstić information content (AvgIpc) is 2.58. The predicted molar refractivity (Wildman–Crippen MR) is 89.0 cm³/mol. The molecule has 1 aromatic heterocycles. The molecule has 7 heteroatoms. The van der Waals surface area contributed by atoms with E-state index in [0.29, 0.717) is 24.2 Å². The van der Waals surface area contributed by atoms with Crippen LogP contribution in [0.5, 0.6) is 0 Å². The lowest BCUT2D eigenvalue weighted by Crippen LogP contribution is -2.36. The van der Waals surface area contributed by atoms with E-state index in [1.807, 2.05) is 19.0 Å². The van der Waals surface area contributed by atoms with Crippen molar-refractivity contribution < 1.29 is 18.0 Å². The van der Waals surface area contributed by atoms with Crippen LogP contribution in [0.3, 0.4) is 0 Å². The Bertz CT molecular complexity index is 702. The second-order valence-corrected chi connectivity index (χ2v) is 5.97. The number of pyridine rings is 1. The normalized spacial score (nSPS) is 11.6. The van der Waals surface area contributed by atoms with Gasteiger partial charge in [-0.3, -0.25) is 9.78 Å². The summed E-state index contributed by atoms with van der Waals surface area (Å²) in [5, 5.41) is 0. The zero-order valence-corrected chi connectivity index (χ0v) is 14.1. The summed E-state index contributed by atoms with van der Waals surface area (Å²) < 4.78 is 38.7. The van der Waals surface area contributed by atoms with Gasteiger partial charge < -0.3 is 9.80 Å². The van der Waals surface area contributed by atoms with Crippen molar-refractivity contribution in [3.8, 4) is 0 Å². The molecule has 0 spiro atoms. The lowest BCUT2D eigenvalue weighted by Gasteiger charge is -2.25. The van der Waals surface area contributed by atoms with Gasteiger partial charge in [-0.05, 0) is 43.9 Å². The van der Waals surface area contributed by atoms with Crippen molar-refractivity contribution in [3.05, 3.63) is 65.5 Å². The largest absolute Gasteiger partial charge is 0.416 e. The van der Waals surface area contributed by atoms with Gasteiger partial charge in [0, 0.05) is 32.0 Å². The Balaban J connectivity index is 2.23. The molecule has 25 heavy (non-hydrogen) atoms. The van der Waals surface area contributed by atoms with Crippen LogP contribution in [0.2, 0.25) is 0 Å². The van der Waals surface area contributed by atoms with Gasteiger partial charge in [0.05, 0.1) is 11.1 Å². The van der Waals surface area contributed by atoms with E-state index in [1.54, 1.807) is 24.4 Å². The molecular formula is C18H20F3N3O. The second-order valence-electron chi connectivity index (χ2n) is 5.97. The highest BCUT2D eigenvalue weighted by molar-refractivity contribution is 5.93. The summed E-state index contributed by atoms with van der Waals surface area (Å²) in [6.45, 7) is 1.10. The third-order valence-electron chi connectivity index (χ3n) is 3.64. The van der Waals surface area contributed by atoms with Crippen molar-refractivity contribution in [3.63, 3.8) is 0 Å². The van der Waals surface area contributed by atoms with Crippen molar-refractivity contribution in [2.45, 2.75) is 12.7 Å². The second kappa shape index (κ2) is 8.11. The summed E-state index contributed by atoms with van der Waals surface area (Å²) in [7, 11) is 3.74. The number of likely N-dealkylation sites (N-methyl/N-ethyl adjacent to an activating group) is 1. The van der Waals surface area contributed by atoms with E-state index in [9.17, 15) is 18.0 Å². The summed E-state index contributed by atoms with van der Waals surface area (Å²) in [6, 6.07) is 8.35. The van der Waals surface area contributed by atoms with Crippen LogP contribution in [0.1, 0.15) is 21.5 Å². The molecule has 1 aromatic carbocycles. The summed E-state index contributed by atoms with van der Waals surface area (Å²) >= 11 is 0. The van der Waals surface area contributed by atoms with Crippen LogP contribution in [-0.2, 0) is 12.7 Å². The number of rotatable bonds is 6. The van der Waals surface area contributed by atoms with Crippen molar-refractivity contribution >= 4 is 5.91 Å². The lowest BCUT2D eigenvalue weighted by molar-refractivity contribution is -0.137. The topological polar surface area (TPSA) is 36.4 Å². The monoisotopic (exact) mass is 351 g/mol. The molecule has 0 aliphatic carbocycles. The third-order valence-corrected chi connectivity index (χ3v) is 3.64. The number of nitrogens with zero attached hydrogens (tertiary/aromatic N) is 3. The van der Waals surface area contributed by atoms with E-state index in [1.165, 1.54) is 17.2 Å². The van der Waals surface area contributed by atoms with Gasteiger partial charge in [-0.15, -0.1) is 0 Å². The maximum absolute atomic E-state index is 12.9. The highest BCUT2D eigenvalue weighted by atomic mass is 19.4. The van der Waals surface area contributed by atoms with Crippen LogP contribution >= 0.6 is 0 Å². The van der Waals surface area contributed by atoms with E-state index in [0.717, 1.165) is 12.1 Å². The van der Waals surface area contributed by atoms with Crippen LogP contribution in [0.15, 0.2) is 48.8 Å². The maximum Gasteiger partial charge on any atom is 0.416 e. The first-order valence-electron chi connectivity index (χ1n) is 7.77. The van der Waals surface area contributed by atoms with E-state index in [2.05, 4.69) is 4.98 Å². The maximum atomic E-state index is 12.9. The number of halogens is 3. The number of carbonyl (C=O) groups excluding carboxylic acids is 1. The fourth-order valence-corrected chi connectivity index (χ4v) is 2.31. The first kappa shape index (κ1) is 18.9. The molecule has 0 aliphatic heterocycles. The molecule has 0 radical (unpaired) electrons. The van der Waals surface area contributed by atoms with Crippen molar-refractivity contribution in [1.29, 1.82) is 0 Å². The molecule has 1 amide bonds. The zero-order chi connectivity index (χ0) is 18.4. The minimum Gasteiger partial charge on any atom is -0.333 e. The molecule has 0 aliphatic rings. The van der Waals surface area contributed by atoms with E-state index in [-0.39, 0.29) is 12.5 Å². The smallest absolute Gasteiger partial charge is 0.333 e. The quantitative estimate of drug-likeness (QED) is 0.801. The number of hydrogen-bond donors (Lipinski definition) is 0. The summed E-state index contributed by atoms with van der Waals surface area (Å²) in [4.78, 5) is 20.1. The number of benzene rings is 1. The SMILES string of the molecule is CN(C)CCN(Cc1cccc(C(F)(F)F)c1)C(=O)c1cccnc1.